The maximum absolute atomic E-state index is 13.1. The molecule has 1 aliphatic heterocycles. The van der Waals surface area contributed by atoms with E-state index in [1.54, 1.807) is 38.2 Å². The van der Waals surface area contributed by atoms with E-state index in [4.69, 9.17) is 11.6 Å². The second kappa shape index (κ2) is 8.34. The predicted octanol–water partition coefficient (Wildman–Crippen LogP) is 3.08. The summed E-state index contributed by atoms with van der Waals surface area (Å²) in [6.45, 7) is 1.90. The molecule has 9 heteroatoms. The van der Waals surface area contributed by atoms with Crippen molar-refractivity contribution in [3.63, 3.8) is 0 Å². The molecule has 1 aliphatic carbocycles. The summed E-state index contributed by atoms with van der Waals surface area (Å²) in [5.74, 6) is -1.02. The first-order chi connectivity index (χ1) is 14.8. The number of hydrogen-bond acceptors (Lipinski definition) is 4. The lowest BCUT2D eigenvalue weighted by Crippen LogP contribution is -2.63. The van der Waals surface area contributed by atoms with Gasteiger partial charge in [0, 0.05) is 19.2 Å². The Bertz CT molecular complexity index is 1030. The summed E-state index contributed by atoms with van der Waals surface area (Å²) < 4.78 is 1.45. The summed E-state index contributed by atoms with van der Waals surface area (Å²) in [5, 5.41) is 10.5. The lowest BCUT2D eigenvalue weighted by molar-refractivity contribution is -0.133. The van der Waals surface area contributed by atoms with Gasteiger partial charge in [-0.15, -0.1) is 0 Å². The maximum atomic E-state index is 13.1. The summed E-state index contributed by atoms with van der Waals surface area (Å²) in [7, 11) is 1.61. The molecule has 31 heavy (non-hydrogen) atoms. The lowest BCUT2D eigenvalue weighted by atomic mass is 9.92. The summed E-state index contributed by atoms with van der Waals surface area (Å²) in [6.07, 6.45) is 5.31. The van der Waals surface area contributed by atoms with Crippen LogP contribution in [-0.4, -0.2) is 51.0 Å². The Labute approximate surface area is 185 Å². The van der Waals surface area contributed by atoms with Gasteiger partial charge in [0.2, 0.25) is 5.91 Å². The van der Waals surface area contributed by atoms with Crippen LogP contribution in [0.15, 0.2) is 30.3 Å². The second-order valence-electron chi connectivity index (χ2n) is 8.45. The smallest absolute Gasteiger partial charge is 0.276 e. The van der Waals surface area contributed by atoms with Crippen LogP contribution in [0.25, 0.3) is 0 Å². The first kappa shape index (κ1) is 21.4. The third kappa shape index (κ3) is 4.04. The van der Waals surface area contributed by atoms with Gasteiger partial charge in [0.05, 0.1) is 17.3 Å². The molecule has 0 unspecified atom stereocenters. The van der Waals surface area contributed by atoms with Crippen molar-refractivity contribution in [2.75, 3.05) is 12.4 Å². The fourth-order valence-electron chi connectivity index (χ4n) is 4.17. The normalized spacial score (nSPS) is 21.5. The van der Waals surface area contributed by atoms with Crippen LogP contribution >= 0.6 is 11.6 Å². The van der Waals surface area contributed by atoms with Crippen LogP contribution in [0, 0.1) is 0 Å². The molecule has 1 atom stereocenters. The number of nitrogens with zero attached hydrogens (tertiary/aromatic N) is 3. The van der Waals surface area contributed by atoms with Gasteiger partial charge in [0.25, 0.3) is 11.8 Å². The van der Waals surface area contributed by atoms with Crippen LogP contribution in [-0.2, 0) is 11.3 Å². The third-order valence-electron chi connectivity index (χ3n) is 6.29. The number of likely N-dealkylation sites (N-methyl/N-ethyl adjacent to an activating group) is 1. The molecule has 2 N–H and O–H groups in total. The Morgan fingerprint density at radius 2 is 1.90 bits per heavy atom. The highest BCUT2D eigenvalue weighted by molar-refractivity contribution is 6.33. The monoisotopic (exact) mass is 443 g/mol. The van der Waals surface area contributed by atoms with Gasteiger partial charge < -0.3 is 15.5 Å². The van der Waals surface area contributed by atoms with Crippen molar-refractivity contribution in [2.24, 2.45) is 0 Å². The molecule has 1 fully saturated rings. The van der Waals surface area contributed by atoms with Gasteiger partial charge in [-0.25, -0.2) is 0 Å². The van der Waals surface area contributed by atoms with Gasteiger partial charge >= 0.3 is 0 Å². The van der Waals surface area contributed by atoms with Crippen LogP contribution in [0.1, 0.15) is 60.0 Å². The van der Waals surface area contributed by atoms with Gasteiger partial charge in [-0.05, 0) is 31.9 Å². The molecule has 0 spiro atoms. The zero-order chi connectivity index (χ0) is 22.2. The minimum absolute atomic E-state index is 0.0913. The average molecular weight is 444 g/mol. The van der Waals surface area contributed by atoms with E-state index in [0.717, 1.165) is 25.7 Å². The molecule has 2 heterocycles. The topological polar surface area (TPSA) is 96.3 Å². The molecular weight excluding hydrogens is 418 g/mol. The van der Waals surface area contributed by atoms with E-state index in [0.29, 0.717) is 10.7 Å². The number of halogens is 1. The van der Waals surface area contributed by atoms with Crippen molar-refractivity contribution in [2.45, 2.75) is 57.2 Å². The van der Waals surface area contributed by atoms with Crippen molar-refractivity contribution in [1.29, 1.82) is 0 Å². The van der Waals surface area contributed by atoms with Crippen molar-refractivity contribution < 1.29 is 14.4 Å². The number of carbonyl (C=O) groups excluding carboxylic acids is 3. The quantitative estimate of drug-likeness (QED) is 0.758. The minimum atomic E-state index is -1.09. The zero-order valence-corrected chi connectivity index (χ0v) is 18.4. The first-order valence-corrected chi connectivity index (χ1v) is 10.9. The Balaban J connectivity index is 1.54. The molecule has 3 amide bonds. The Hall–Kier alpha value is -2.87. The highest BCUT2D eigenvalue weighted by Gasteiger charge is 2.46. The van der Waals surface area contributed by atoms with Gasteiger partial charge in [-0.2, -0.15) is 5.10 Å². The minimum Gasteiger partial charge on any atom is -0.351 e. The number of para-hydroxylation sites is 1. The van der Waals surface area contributed by atoms with Crippen LogP contribution in [0.5, 0.6) is 0 Å². The van der Waals surface area contributed by atoms with Crippen molar-refractivity contribution in [3.05, 3.63) is 46.7 Å². The van der Waals surface area contributed by atoms with Gasteiger partial charge in [0.15, 0.2) is 5.69 Å². The molecule has 1 aromatic heterocycles. The highest BCUT2D eigenvalue weighted by Crippen LogP contribution is 2.28. The molecule has 0 radical (unpaired) electrons. The predicted molar refractivity (Wildman–Crippen MR) is 117 cm³/mol. The Morgan fingerprint density at radius 3 is 2.61 bits per heavy atom. The molecule has 0 bridgehead atoms. The molecule has 0 saturated heterocycles. The molecule has 8 nitrogen and oxygen atoms in total. The number of fused-ring (bicyclic) bond motifs is 1. The number of rotatable bonds is 4. The lowest BCUT2D eigenvalue weighted by Gasteiger charge is -2.41. The van der Waals surface area contributed by atoms with Crippen molar-refractivity contribution in [1.82, 2.24) is 20.0 Å². The van der Waals surface area contributed by atoms with Crippen LogP contribution in [0.3, 0.4) is 0 Å². The molecule has 1 saturated carbocycles. The molecule has 2 aromatic rings. The van der Waals surface area contributed by atoms with E-state index in [1.165, 1.54) is 22.1 Å². The van der Waals surface area contributed by atoms with Gasteiger partial charge in [-0.3, -0.25) is 19.1 Å². The van der Waals surface area contributed by atoms with Gasteiger partial charge in [0.1, 0.15) is 11.2 Å². The number of benzene rings is 1. The van der Waals surface area contributed by atoms with E-state index in [9.17, 15) is 14.4 Å². The number of hydrogen-bond donors (Lipinski definition) is 2. The number of anilines is 1. The largest absolute Gasteiger partial charge is 0.351 e. The van der Waals surface area contributed by atoms with Gasteiger partial charge in [-0.1, -0.05) is 43.0 Å². The van der Waals surface area contributed by atoms with Crippen molar-refractivity contribution in [3.8, 4) is 0 Å². The fraction of sp³-hybridized carbons (Fsp3) is 0.455. The average Bonchev–Trinajstić information content (AvgIpc) is 3.18. The molecule has 1 aromatic carbocycles. The van der Waals surface area contributed by atoms with Crippen LogP contribution in [0.2, 0.25) is 5.02 Å². The summed E-state index contributed by atoms with van der Waals surface area (Å²) in [5.41, 5.74) is -0.270. The number of nitrogens with one attached hydrogen (secondary N) is 2. The summed E-state index contributed by atoms with van der Waals surface area (Å²) >= 11 is 6.11. The van der Waals surface area contributed by atoms with E-state index < -0.39 is 11.4 Å². The standard InChI is InChI=1S/C22H26ClN5O3/c1-22(21(31)24-14-8-4-3-5-9-14)13-28-18(20(30)27(22)2)12-17(26-28)19(29)25-16-11-7-6-10-15(16)23/h6-7,10-12,14H,3-5,8-9,13H2,1-2H3,(H,24,31)(H,25,29)/t22-/m0/s1. The molecule has 164 valence electrons. The number of carbonyl (C=O) groups is 3. The summed E-state index contributed by atoms with van der Waals surface area (Å²) in [6, 6.07) is 8.46. The van der Waals surface area contributed by atoms with E-state index >= 15 is 0 Å². The van der Waals surface area contributed by atoms with Crippen LogP contribution < -0.4 is 10.6 Å². The van der Waals surface area contributed by atoms with E-state index in [1.807, 2.05) is 0 Å². The SMILES string of the molecule is CN1C(=O)c2cc(C(=O)Nc3ccccc3Cl)nn2C[C@@]1(C)C(=O)NC1CCCCC1. The molecular formula is C22H26ClN5O3. The van der Waals surface area contributed by atoms with E-state index in [2.05, 4.69) is 15.7 Å². The first-order valence-electron chi connectivity index (χ1n) is 10.5. The zero-order valence-electron chi connectivity index (χ0n) is 17.7. The second-order valence-corrected chi connectivity index (χ2v) is 8.86. The highest BCUT2D eigenvalue weighted by atomic mass is 35.5. The Morgan fingerprint density at radius 1 is 1.19 bits per heavy atom. The third-order valence-corrected chi connectivity index (χ3v) is 6.62. The number of aromatic nitrogens is 2. The fourth-order valence-corrected chi connectivity index (χ4v) is 4.36. The molecule has 4 rings (SSSR count). The summed E-state index contributed by atoms with van der Waals surface area (Å²) in [4.78, 5) is 40.3. The van der Waals surface area contributed by atoms with Crippen molar-refractivity contribution >= 4 is 35.0 Å². The van der Waals surface area contributed by atoms with E-state index in [-0.39, 0.29) is 35.8 Å². The Kier molecular flexibility index (Phi) is 5.75. The maximum Gasteiger partial charge on any atom is 0.276 e. The number of amides is 3. The molecule has 2 aliphatic rings. The van der Waals surface area contributed by atoms with Crippen LogP contribution in [0.4, 0.5) is 5.69 Å².